The number of rotatable bonds is 10. The molecule has 6 nitrogen and oxygen atoms in total. The van der Waals surface area contributed by atoms with Crippen molar-refractivity contribution in [3.63, 3.8) is 0 Å². The Morgan fingerprint density at radius 1 is 0.774 bits per heavy atom. The molecule has 0 radical (unpaired) electrons. The molecule has 2 aromatic carbocycles. The zero-order valence-electron chi connectivity index (χ0n) is 19.5. The van der Waals surface area contributed by atoms with Gasteiger partial charge in [-0.15, -0.1) is 0 Å². The van der Waals surface area contributed by atoms with Crippen molar-refractivity contribution in [3.8, 4) is 0 Å². The van der Waals surface area contributed by atoms with Crippen LogP contribution in [0, 0.1) is 0 Å². The molecule has 0 unspecified atom stereocenters. The van der Waals surface area contributed by atoms with Crippen LogP contribution in [0.2, 0.25) is 0 Å². The van der Waals surface area contributed by atoms with Crippen LogP contribution in [0.15, 0.2) is 36.4 Å². The maximum absolute atomic E-state index is 13.4. The van der Waals surface area contributed by atoms with Gasteiger partial charge in [-0.05, 0) is 12.1 Å². The van der Waals surface area contributed by atoms with E-state index in [-0.39, 0.29) is 11.6 Å². The van der Waals surface area contributed by atoms with Gasteiger partial charge in [-0.1, -0.05) is 24.3 Å². The zero-order valence-corrected chi connectivity index (χ0v) is 19.5. The highest BCUT2D eigenvalue weighted by atomic mass is 16.1. The summed E-state index contributed by atoms with van der Waals surface area (Å²) in [7, 11) is 10.7. The summed E-state index contributed by atoms with van der Waals surface area (Å²) in [5.74, 6) is -0.165. The number of fused-ring (bicyclic) bond motifs is 2. The number of nitrogens with one attached hydrogen (secondary N) is 3. The summed E-state index contributed by atoms with van der Waals surface area (Å²) >= 11 is 0. The maximum atomic E-state index is 13.4. The standard InChI is InChI=1S/C25H34N4O2/c1-28(2)16-8-14-26-20-12-6-10-18-22(20)24(30)19-11-7-13-21(23(19)25(18)31)27-15-9-17-29(3,4)5/h6-7,10-13H,8-9,14-17H2,1-5H3,(H-,26,27,30,31)/p+2. The third-order valence-corrected chi connectivity index (χ3v) is 5.56. The van der Waals surface area contributed by atoms with Crippen molar-refractivity contribution in [2.45, 2.75) is 12.8 Å². The molecule has 0 atom stereocenters. The number of hydrogen-bond acceptors (Lipinski definition) is 4. The lowest BCUT2D eigenvalue weighted by atomic mass is 9.82. The van der Waals surface area contributed by atoms with Crippen LogP contribution in [0.5, 0.6) is 0 Å². The predicted octanol–water partition coefficient (Wildman–Crippen LogP) is 1.92. The topological polar surface area (TPSA) is 62.6 Å². The first kappa shape index (κ1) is 23.0. The van der Waals surface area contributed by atoms with Crippen molar-refractivity contribution >= 4 is 22.9 Å². The van der Waals surface area contributed by atoms with Crippen LogP contribution in [-0.2, 0) is 0 Å². The summed E-state index contributed by atoms with van der Waals surface area (Å²) in [6.07, 6.45) is 1.97. The van der Waals surface area contributed by atoms with Gasteiger partial charge in [0, 0.05) is 48.4 Å². The summed E-state index contributed by atoms with van der Waals surface area (Å²) in [6.45, 7) is 3.60. The van der Waals surface area contributed by atoms with Gasteiger partial charge in [-0.25, -0.2) is 0 Å². The first-order chi connectivity index (χ1) is 14.7. The van der Waals surface area contributed by atoms with E-state index < -0.39 is 0 Å². The number of ketones is 2. The van der Waals surface area contributed by atoms with E-state index in [1.807, 2.05) is 24.3 Å². The fourth-order valence-electron chi connectivity index (χ4n) is 3.98. The van der Waals surface area contributed by atoms with Crippen LogP contribution in [0.3, 0.4) is 0 Å². The molecule has 31 heavy (non-hydrogen) atoms. The number of anilines is 2. The van der Waals surface area contributed by atoms with Crippen LogP contribution < -0.4 is 15.5 Å². The van der Waals surface area contributed by atoms with Crippen molar-refractivity contribution in [2.75, 3.05) is 72.1 Å². The van der Waals surface area contributed by atoms with Crippen LogP contribution in [0.4, 0.5) is 11.4 Å². The second-order valence-corrected chi connectivity index (χ2v) is 9.65. The minimum atomic E-state index is -0.0827. The molecule has 0 fully saturated rings. The number of nitrogens with zero attached hydrogens (tertiary/aromatic N) is 1. The normalized spacial score (nSPS) is 13.2. The molecule has 3 N–H and O–H groups in total. The third-order valence-electron chi connectivity index (χ3n) is 5.56. The number of benzene rings is 2. The highest BCUT2D eigenvalue weighted by molar-refractivity contribution is 6.31. The van der Waals surface area contributed by atoms with Gasteiger partial charge in [-0.3, -0.25) is 9.59 Å². The van der Waals surface area contributed by atoms with E-state index in [1.54, 1.807) is 12.1 Å². The molecule has 0 spiro atoms. The average molecular weight is 425 g/mol. The van der Waals surface area contributed by atoms with Crippen LogP contribution in [0.25, 0.3) is 0 Å². The van der Waals surface area contributed by atoms with Crippen LogP contribution in [0.1, 0.15) is 44.7 Å². The zero-order chi connectivity index (χ0) is 22.6. The maximum Gasteiger partial charge on any atom is 0.196 e. The average Bonchev–Trinajstić information content (AvgIpc) is 2.71. The summed E-state index contributed by atoms with van der Waals surface area (Å²) in [6, 6.07) is 11.0. The number of carbonyl (C=O) groups is 2. The largest absolute Gasteiger partial charge is 0.384 e. The van der Waals surface area contributed by atoms with Gasteiger partial charge in [0.2, 0.25) is 0 Å². The van der Waals surface area contributed by atoms with Crippen molar-refractivity contribution in [2.24, 2.45) is 0 Å². The van der Waals surface area contributed by atoms with Crippen molar-refractivity contribution < 1.29 is 19.0 Å². The summed E-state index contributed by atoms with van der Waals surface area (Å²) in [5, 5.41) is 6.77. The molecule has 0 heterocycles. The fourth-order valence-corrected chi connectivity index (χ4v) is 3.98. The molecule has 1 aliphatic carbocycles. The molecule has 0 saturated heterocycles. The SMILES string of the molecule is C[NH+](C)CCCNc1cccc2c1C(=O)c1cccc(NCCC[N+](C)(C)C)c1C2=O. The van der Waals surface area contributed by atoms with Gasteiger partial charge in [0.1, 0.15) is 0 Å². The minimum Gasteiger partial charge on any atom is -0.384 e. The van der Waals surface area contributed by atoms with E-state index in [9.17, 15) is 9.59 Å². The monoisotopic (exact) mass is 424 g/mol. The second kappa shape index (κ2) is 9.62. The van der Waals surface area contributed by atoms with Gasteiger partial charge in [0.25, 0.3) is 0 Å². The Morgan fingerprint density at radius 2 is 1.26 bits per heavy atom. The van der Waals surface area contributed by atoms with E-state index >= 15 is 0 Å². The second-order valence-electron chi connectivity index (χ2n) is 9.65. The van der Waals surface area contributed by atoms with E-state index in [4.69, 9.17) is 0 Å². The molecule has 6 heteroatoms. The van der Waals surface area contributed by atoms with E-state index in [0.29, 0.717) is 22.3 Å². The molecule has 0 saturated carbocycles. The molecule has 2 aromatic rings. The van der Waals surface area contributed by atoms with Gasteiger partial charge in [0.15, 0.2) is 11.6 Å². The Labute approximate surface area is 185 Å². The first-order valence-corrected chi connectivity index (χ1v) is 11.1. The Bertz CT molecular complexity index is 960. The van der Waals surface area contributed by atoms with Crippen molar-refractivity contribution in [1.29, 1.82) is 0 Å². The lowest BCUT2D eigenvalue weighted by Crippen LogP contribution is -3.05. The molecule has 0 aromatic heterocycles. The lowest BCUT2D eigenvalue weighted by Gasteiger charge is -2.25. The van der Waals surface area contributed by atoms with Crippen LogP contribution >= 0.6 is 0 Å². The van der Waals surface area contributed by atoms with Gasteiger partial charge < -0.3 is 20.0 Å². The summed E-state index contributed by atoms with van der Waals surface area (Å²) < 4.78 is 0.894. The van der Waals surface area contributed by atoms with E-state index in [1.165, 1.54) is 4.90 Å². The van der Waals surface area contributed by atoms with E-state index in [2.05, 4.69) is 45.9 Å². The Hall–Kier alpha value is -2.70. The third kappa shape index (κ3) is 5.51. The van der Waals surface area contributed by atoms with Gasteiger partial charge in [-0.2, -0.15) is 0 Å². The highest BCUT2D eigenvalue weighted by Gasteiger charge is 2.33. The van der Waals surface area contributed by atoms with Crippen molar-refractivity contribution in [3.05, 3.63) is 58.7 Å². The Kier molecular flexibility index (Phi) is 7.13. The number of hydrogen-bond donors (Lipinski definition) is 3. The van der Waals surface area contributed by atoms with Crippen molar-refractivity contribution in [1.82, 2.24) is 0 Å². The Balaban J connectivity index is 1.82. The summed E-state index contributed by atoms with van der Waals surface area (Å²) in [4.78, 5) is 28.2. The fraction of sp³-hybridized carbons (Fsp3) is 0.440. The first-order valence-electron chi connectivity index (χ1n) is 11.1. The molecule has 0 amide bonds. The van der Waals surface area contributed by atoms with Crippen LogP contribution in [-0.4, -0.2) is 77.5 Å². The minimum absolute atomic E-state index is 0.0825. The molecule has 1 aliphatic rings. The van der Waals surface area contributed by atoms with Gasteiger partial charge in [0.05, 0.1) is 59.5 Å². The molecule has 0 bridgehead atoms. The molecule has 3 rings (SSSR count). The van der Waals surface area contributed by atoms with E-state index in [0.717, 1.165) is 54.9 Å². The van der Waals surface area contributed by atoms with Gasteiger partial charge >= 0.3 is 0 Å². The molecular weight excluding hydrogens is 388 g/mol. The molecule has 0 aliphatic heterocycles. The predicted molar refractivity (Wildman–Crippen MR) is 127 cm³/mol. The Morgan fingerprint density at radius 3 is 1.71 bits per heavy atom. The number of carbonyl (C=O) groups excluding carboxylic acids is 2. The smallest absolute Gasteiger partial charge is 0.196 e. The lowest BCUT2D eigenvalue weighted by molar-refractivity contribution is -0.870. The summed E-state index contributed by atoms with van der Waals surface area (Å²) in [5.41, 5.74) is 3.47. The molecular formula is C25H36N4O2+2. The molecule has 166 valence electrons. The quantitative estimate of drug-likeness (QED) is 0.344. The highest BCUT2D eigenvalue weighted by Crippen LogP contribution is 2.35. The number of quaternary nitrogens is 2.